The first-order valence-corrected chi connectivity index (χ1v) is 6.02. The molecular formula is C11H10N2O3S. The highest BCUT2D eigenvalue weighted by atomic mass is 32.1. The number of nitriles is 1. The number of carbonyl (C=O) groups is 2. The summed E-state index contributed by atoms with van der Waals surface area (Å²) in [6, 6.07) is 3.58. The van der Waals surface area contributed by atoms with E-state index < -0.39 is 5.91 Å². The van der Waals surface area contributed by atoms with E-state index in [1.165, 1.54) is 11.3 Å². The maximum Gasteiger partial charge on any atom is 0.309 e. The summed E-state index contributed by atoms with van der Waals surface area (Å²) in [5.74, 6) is -0.746. The number of anilines is 1. The van der Waals surface area contributed by atoms with Crippen LogP contribution in [0.2, 0.25) is 0 Å². The number of esters is 1. The van der Waals surface area contributed by atoms with Gasteiger partial charge in [-0.05, 0) is 24.3 Å². The average molecular weight is 250 g/mol. The highest BCUT2D eigenvalue weighted by molar-refractivity contribution is 7.14. The van der Waals surface area contributed by atoms with Crippen LogP contribution in [-0.4, -0.2) is 18.5 Å². The van der Waals surface area contributed by atoms with Gasteiger partial charge in [-0.1, -0.05) is 0 Å². The third-order valence-electron chi connectivity index (χ3n) is 2.29. The van der Waals surface area contributed by atoms with E-state index >= 15 is 0 Å². The zero-order valence-corrected chi connectivity index (χ0v) is 9.75. The van der Waals surface area contributed by atoms with E-state index in [0.29, 0.717) is 10.6 Å². The van der Waals surface area contributed by atoms with Crippen molar-refractivity contribution < 1.29 is 14.3 Å². The molecule has 17 heavy (non-hydrogen) atoms. The maximum absolute atomic E-state index is 11.4. The summed E-state index contributed by atoms with van der Waals surface area (Å²) in [6.45, 7) is -0.294. The molecule has 0 bridgehead atoms. The third-order valence-corrected chi connectivity index (χ3v) is 3.12. The molecule has 0 aromatic carbocycles. The molecule has 6 heteroatoms. The van der Waals surface area contributed by atoms with Crippen molar-refractivity contribution in [3.05, 3.63) is 17.0 Å². The van der Waals surface area contributed by atoms with Crippen LogP contribution < -0.4 is 5.32 Å². The van der Waals surface area contributed by atoms with Gasteiger partial charge >= 0.3 is 5.97 Å². The molecule has 1 N–H and O–H groups in total. The molecule has 0 radical (unpaired) electrons. The van der Waals surface area contributed by atoms with Crippen LogP contribution in [0.1, 0.15) is 18.4 Å². The van der Waals surface area contributed by atoms with E-state index in [1.54, 1.807) is 11.4 Å². The fourth-order valence-electron chi connectivity index (χ4n) is 1.23. The van der Waals surface area contributed by atoms with Crippen molar-refractivity contribution in [1.82, 2.24) is 0 Å². The quantitative estimate of drug-likeness (QED) is 0.821. The van der Waals surface area contributed by atoms with Gasteiger partial charge < -0.3 is 10.1 Å². The van der Waals surface area contributed by atoms with Gasteiger partial charge in [-0.15, -0.1) is 11.3 Å². The number of amides is 1. The van der Waals surface area contributed by atoms with E-state index in [2.05, 4.69) is 5.32 Å². The number of rotatable bonds is 4. The molecule has 1 aromatic rings. The molecule has 0 saturated heterocycles. The molecule has 5 nitrogen and oxygen atoms in total. The zero-order valence-electron chi connectivity index (χ0n) is 8.93. The van der Waals surface area contributed by atoms with Crippen molar-refractivity contribution in [1.29, 1.82) is 5.26 Å². The lowest BCUT2D eigenvalue weighted by Crippen LogP contribution is -2.21. The second-order valence-electron chi connectivity index (χ2n) is 3.71. The van der Waals surface area contributed by atoms with Gasteiger partial charge in [0.25, 0.3) is 5.91 Å². The number of ether oxygens (including phenoxy) is 1. The van der Waals surface area contributed by atoms with Gasteiger partial charge in [0.05, 0.1) is 11.5 Å². The Hall–Kier alpha value is -1.87. The van der Waals surface area contributed by atoms with Crippen LogP contribution in [0.4, 0.5) is 5.00 Å². The van der Waals surface area contributed by atoms with Crippen LogP contribution in [0.3, 0.4) is 0 Å². The van der Waals surface area contributed by atoms with Crippen LogP contribution in [-0.2, 0) is 14.3 Å². The van der Waals surface area contributed by atoms with Crippen molar-refractivity contribution in [2.75, 3.05) is 11.9 Å². The maximum atomic E-state index is 11.4. The molecule has 0 spiro atoms. The monoisotopic (exact) mass is 250 g/mol. The Bertz CT molecular complexity index is 485. The summed E-state index contributed by atoms with van der Waals surface area (Å²) in [5.41, 5.74) is 0.414. The second kappa shape index (κ2) is 4.97. The summed E-state index contributed by atoms with van der Waals surface area (Å²) in [7, 11) is 0. The lowest BCUT2D eigenvalue weighted by atomic mass is 10.3. The minimum absolute atomic E-state index is 0.0146. The summed E-state index contributed by atoms with van der Waals surface area (Å²) in [5, 5.41) is 13.5. The Morgan fingerprint density at radius 3 is 3.00 bits per heavy atom. The van der Waals surface area contributed by atoms with Crippen LogP contribution >= 0.6 is 11.3 Å². The van der Waals surface area contributed by atoms with E-state index in [1.807, 2.05) is 6.07 Å². The molecule has 1 amide bonds. The first-order valence-electron chi connectivity index (χ1n) is 5.15. The minimum Gasteiger partial charge on any atom is -0.455 e. The summed E-state index contributed by atoms with van der Waals surface area (Å²) >= 11 is 1.26. The number of carbonyl (C=O) groups excluding carboxylic acids is 2. The SMILES string of the molecule is N#Cc1ccsc1NC(=O)COC(=O)C1CC1. The van der Waals surface area contributed by atoms with Gasteiger partial charge in [0, 0.05) is 0 Å². The second-order valence-corrected chi connectivity index (χ2v) is 4.62. The van der Waals surface area contributed by atoms with Gasteiger partial charge in [0.15, 0.2) is 6.61 Å². The van der Waals surface area contributed by atoms with Gasteiger partial charge in [0.1, 0.15) is 11.1 Å². The van der Waals surface area contributed by atoms with E-state index in [9.17, 15) is 9.59 Å². The Kier molecular flexibility index (Phi) is 3.40. The lowest BCUT2D eigenvalue weighted by Gasteiger charge is -2.04. The summed E-state index contributed by atoms with van der Waals surface area (Å²) in [4.78, 5) is 22.6. The molecule has 0 unspecified atom stereocenters. The molecule has 1 aliphatic rings. The third kappa shape index (κ3) is 3.04. The van der Waals surface area contributed by atoms with Crippen LogP contribution in [0.15, 0.2) is 11.4 Å². The van der Waals surface area contributed by atoms with Gasteiger partial charge in [0.2, 0.25) is 0 Å². The average Bonchev–Trinajstić information content (AvgIpc) is 3.08. The van der Waals surface area contributed by atoms with Crippen LogP contribution in [0.5, 0.6) is 0 Å². The highest BCUT2D eigenvalue weighted by Crippen LogP contribution is 2.30. The number of hydrogen-bond acceptors (Lipinski definition) is 5. The van der Waals surface area contributed by atoms with Gasteiger partial charge in [-0.3, -0.25) is 9.59 Å². The molecule has 0 aliphatic heterocycles. The standard InChI is InChI=1S/C11H10N2O3S/c12-5-8-3-4-17-10(8)13-9(14)6-16-11(15)7-1-2-7/h3-4,7H,1-2,6H2,(H,13,14). The topological polar surface area (TPSA) is 79.2 Å². The van der Waals surface area contributed by atoms with Crippen LogP contribution in [0, 0.1) is 17.2 Å². The largest absolute Gasteiger partial charge is 0.455 e. The molecule has 1 saturated carbocycles. The Morgan fingerprint density at radius 1 is 1.59 bits per heavy atom. The van der Waals surface area contributed by atoms with E-state index in [4.69, 9.17) is 10.00 Å². The fourth-order valence-corrected chi connectivity index (χ4v) is 1.98. The Morgan fingerprint density at radius 2 is 2.35 bits per heavy atom. The molecule has 1 aliphatic carbocycles. The molecular weight excluding hydrogens is 240 g/mol. The van der Waals surface area contributed by atoms with Crippen molar-refractivity contribution >= 4 is 28.2 Å². The predicted octanol–water partition coefficient (Wildman–Crippen LogP) is 1.51. The van der Waals surface area contributed by atoms with Crippen molar-refractivity contribution in [2.45, 2.75) is 12.8 Å². The molecule has 0 atom stereocenters. The molecule has 2 rings (SSSR count). The number of nitrogens with zero attached hydrogens (tertiary/aromatic N) is 1. The number of hydrogen-bond donors (Lipinski definition) is 1. The molecule has 1 fully saturated rings. The highest BCUT2D eigenvalue weighted by Gasteiger charge is 2.31. The Balaban J connectivity index is 1.81. The summed E-state index contributed by atoms with van der Waals surface area (Å²) < 4.78 is 4.82. The fraction of sp³-hybridized carbons (Fsp3) is 0.364. The van der Waals surface area contributed by atoms with Gasteiger partial charge in [-0.2, -0.15) is 5.26 Å². The molecule has 1 aromatic heterocycles. The Labute approximate surface area is 102 Å². The first-order chi connectivity index (χ1) is 8.20. The normalized spacial score (nSPS) is 13.8. The number of nitrogens with one attached hydrogen (secondary N) is 1. The van der Waals surface area contributed by atoms with E-state index in [-0.39, 0.29) is 18.5 Å². The molecule has 88 valence electrons. The minimum atomic E-state index is -0.419. The van der Waals surface area contributed by atoms with E-state index in [0.717, 1.165) is 12.8 Å². The van der Waals surface area contributed by atoms with Gasteiger partial charge in [-0.25, -0.2) is 0 Å². The molecule has 1 heterocycles. The summed E-state index contributed by atoms with van der Waals surface area (Å²) in [6.07, 6.45) is 1.70. The van der Waals surface area contributed by atoms with Crippen molar-refractivity contribution in [3.8, 4) is 6.07 Å². The lowest BCUT2D eigenvalue weighted by molar-refractivity contribution is -0.148. The predicted molar refractivity (Wildman–Crippen MR) is 61.3 cm³/mol. The zero-order chi connectivity index (χ0) is 12.3. The first kappa shape index (κ1) is 11.6. The van der Waals surface area contributed by atoms with Crippen LogP contribution in [0.25, 0.3) is 0 Å². The number of thiophene rings is 1. The van der Waals surface area contributed by atoms with Crippen molar-refractivity contribution in [3.63, 3.8) is 0 Å². The smallest absolute Gasteiger partial charge is 0.309 e. The van der Waals surface area contributed by atoms with Crippen molar-refractivity contribution in [2.24, 2.45) is 5.92 Å².